The summed E-state index contributed by atoms with van der Waals surface area (Å²) in [6.45, 7) is 3.84. The van der Waals surface area contributed by atoms with Crippen LogP contribution in [0.2, 0.25) is 5.02 Å². The molecule has 1 fully saturated rings. The van der Waals surface area contributed by atoms with Gasteiger partial charge >= 0.3 is 6.09 Å². The largest absolute Gasteiger partial charge is 0.453 e. The number of benzene rings is 3. The number of halogens is 1. The molecule has 44 heavy (non-hydrogen) atoms. The highest BCUT2D eigenvalue weighted by Gasteiger charge is 2.43. The first-order valence-corrected chi connectivity index (χ1v) is 15.5. The Bertz CT molecular complexity index is 1520. The van der Waals surface area contributed by atoms with E-state index in [1.165, 1.54) is 7.11 Å². The van der Waals surface area contributed by atoms with E-state index >= 15 is 0 Å². The van der Waals surface area contributed by atoms with Crippen molar-refractivity contribution in [3.63, 3.8) is 0 Å². The Morgan fingerprint density at radius 2 is 1.95 bits per heavy atom. The molecule has 3 aromatic carbocycles. The van der Waals surface area contributed by atoms with Gasteiger partial charge in [0.05, 0.1) is 29.9 Å². The van der Waals surface area contributed by atoms with Crippen molar-refractivity contribution in [2.24, 2.45) is 5.92 Å². The van der Waals surface area contributed by atoms with Crippen LogP contribution in [-0.2, 0) is 23.3 Å². The van der Waals surface area contributed by atoms with Gasteiger partial charge in [-0.05, 0) is 79.6 Å². The number of likely N-dealkylation sites (tertiary alicyclic amines) is 1. The molecule has 9 heteroatoms. The molecule has 1 aliphatic heterocycles. The van der Waals surface area contributed by atoms with Gasteiger partial charge in [-0.15, -0.1) is 0 Å². The van der Waals surface area contributed by atoms with Crippen molar-refractivity contribution in [1.82, 2.24) is 15.5 Å². The number of nitriles is 1. The number of methoxy groups -OCH3 is 1. The van der Waals surface area contributed by atoms with Crippen LogP contribution in [0.25, 0.3) is 11.1 Å². The van der Waals surface area contributed by atoms with E-state index in [1.54, 1.807) is 17.0 Å². The standard InChI is InChI=1S/C35H41ClN4O4/c1-4-24-9-5-10-26(19-24)32-30(12-6-13-31(32)36)35(43,16-8-17-39-34(42)44-3)28-11-7-18-40(23-28)33(41)29-15-14-25(22-38-2)20-27(29)21-37/h5-6,9-10,12-15,19-20,28,38,43H,4,7-8,11,16-18,22-23H2,1-3H3,(H,39,42)/t28-,35+/m1/s1. The fraction of sp³-hybridized carbons (Fsp3) is 0.400. The van der Waals surface area contributed by atoms with Crippen molar-refractivity contribution in [2.75, 3.05) is 33.8 Å². The molecular formula is C35H41ClN4O4. The van der Waals surface area contributed by atoms with Gasteiger partial charge in [0, 0.05) is 42.7 Å². The number of piperidine rings is 1. The van der Waals surface area contributed by atoms with E-state index in [0.29, 0.717) is 73.6 Å². The van der Waals surface area contributed by atoms with Gasteiger partial charge in [0.2, 0.25) is 0 Å². The van der Waals surface area contributed by atoms with Crippen molar-refractivity contribution in [1.29, 1.82) is 5.26 Å². The third kappa shape index (κ3) is 7.41. The van der Waals surface area contributed by atoms with Gasteiger partial charge in [-0.3, -0.25) is 4.79 Å². The van der Waals surface area contributed by atoms with Gasteiger partial charge in [-0.25, -0.2) is 4.79 Å². The molecule has 232 valence electrons. The Hall–Kier alpha value is -3.90. The summed E-state index contributed by atoms with van der Waals surface area (Å²) in [4.78, 5) is 27.3. The highest BCUT2D eigenvalue weighted by molar-refractivity contribution is 6.33. The van der Waals surface area contributed by atoms with Crippen molar-refractivity contribution in [3.8, 4) is 17.2 Å². The number of alkyl carbamates (subject to hydrolysis) is 1. The maximum absolute atomic E-state index is 13.8. The number of amides is 2. The van der Waals surface area contributed by atoms with E-state index in [4.69, 9.17) is 16.3 Å². The fourth-order valence-electron chi connectivity index (χ4n) is 6.21. The Labute approximate surface area is 265 Å². The number of ether oxygens (including phenoxy) is 1. The molecule has 1 heterocycles. The predicted octanol–water partition coefficient (Wildman–Crippen LogP) is 6.04. The molecule has 1 aliphatic rings. The summed E-state index contributed by atoms with van der Waals surface area (Å²) < 4.78 is 4.72. The average molecular weight is 617 g/mol. The highest BCUT2D eigenvalue weighted by atomic mass is 35.5. The van der Waals surface area contributed by atoms with E-state index in [0.717, 1.165) is 28.7 Å². The molecule has 0 saturated carbocycles. The van der Waals surface area contributed by atoms with Gasteiger partial charge in [-0.1, -0.05) is 61.0 Å². The number of rotatable bonds is 11. The number of nitrogens with zero attached hydrogens (tertiary/aromatic N) is 2. The van der Waals surface area contributed by atoms with Crippen LogP contribution in [0.15, 0.2) is 60.7 Å². The topological polar surface area (TPSA) is 115 Å². The predicted molar refractivity (Wildman–Crippen MR) is 172 cm³/mol. The van der Waals surface area contributed by atoms with Crippen molar-refractivity contribution < 1.29 is 19.4 Å². The van der Waals surface area contributed by atoms with Crippen molar-refractivity contribution >= 4 is 23.6 Å². The zero-order chi connectivity index (χ0) is 31.7. The summed E-state index contributed by atoms with van der Waals surface area (Å²) in [5.41, 5.74) is 3.79. The number of aryl methyl sites for hydroxylation is 1. The van der Waals surface area contributed by atoms with Gasteiger partial charge in [-0.2, -0.15) is 5.26 Å². The molecule has 0 aliphatic carbocycles. The third-order valence-corrected chi connectivity index (χ3v) is 8.81. The zero-order valence-corrected chi connectivity index (χ0v) is 26.4. The summed E-state index contributed by atoms with van der Waals surface area (Å²) in [5.74, 6) is -0.544. The fourth-order valence-corrected chi connectivity index (χ4v) is 6.49. The SMILES string of the molecule is CCc1cccc(-c2c(Cl)cccc2[C@](O)(CCCNC(=O)OC)[C@@H]2CCCN(C(=O)c3ccc(CNC)cc3C#N)C2)c1. The molecular weight excluding hydrogens is 576 g/mol. The normalized spacial score (nSPS) is 16.1. The van der Waals surface area contributed by atoms with E-state index in [-0.39, 0.29) is 11.8 Å². The maximum Gasteiger partial charge on any atom is 0.406 e. The minimum atomic E-state index is -1.37. The van der Waals surface area contributed by atoms with Crippen LogP contribution in [0.3, 0.4) is 0 Å². The van der Waals surface area contributed by atoms with E-state index in [1.807, 2.05) is 43.4 Å². The summed E-state index contributed by atoms with van der Waals surface area (Å²) >= 11 is 6.87. The molecule has 2 atom stereocenters. The summed E-state index contributed by atoms with van der Waals surface area (Å²) in [5, 5.41) is 28.9. The van der Waals surface area contributed by atoms with Gasteiger partial charge in [0.15, 0.2) is 0 Å². The second-order valence-electron chi connectivity index (χ2n) is 11.3. The van der Waals surface area contributed by atoms with Crippen LogP contribution in [0.4, 0.5) is 4.79 Å². The lowest BCUT2D eigenvalue weighted by Gasteiger charge is -2.44. The molecule has 2 amide bonds. The Morgan fingerprint density at radius 1 is 1.16 bits per heavy atom. The Balaban J connectivity index is 1.72. The van der Waals surface area contributed by atoms with Crippen LogP contribution in [-0.4, -0.2) is 55.8 Å². The number of hydrogen-bond donors (Lipinski definition) is 3. The lowest BCUT2D eigenvalue weighted by molar-refractivity contribution is -0.0563. The molecule has 0 spiro atoms. The molecule has 3 N–H and O–H groups in total. The minimum absolute atomic E-state index is 0.223. The van der Waals surface area contributed by atoms with Crippen LogP contribution in [0.5, 0.6) is 0 Å². The first kappa shape index (κ1) is 33.0. The first-order chi connectivity index (χ1) is 21.2. The van der Waals surface area contributed by atoms with Gasteiger partial charge in [0.1, 0.15) is 0 Å². The molecule has 0 unspecified atom stereocenters. The molecule has 3 aromatic rings. The smallest absolute Gasteiger partial charge is 0.406 e. The second-order valence-corrected chi connectivity index (χ2v) is 11.7. The van der Waals surface area contributed by atoms with E-state index in [9.17, 15) is 20.0 Å². The lowest BCUT2D eigenvalue weighted by atomic mass is 9.72. The number of nitrogens with one attached hydrogen (secondary N) is 2. The molecule has 4 rings (SSSR count). The summed E-state index contributed by atoms with van der Waals surface area (Å²) in [7, 11) is 3.14. The highest BCUT2D eigenvalue weighted by Crippen LogP contribution is 2.46. The maximum atomic E-state index is 13.8. The molecule has 0 aromatic heterocycles. The van der Waals surface area contributed by atoms with Crippen molar-refractivity contribution in [3.05, 3.63) is 93.5 Å². The lowest BCUT2D eigenvalue weighted by Crippen LogP contribution is -2.48. The molecule has 1 saturated heterocycles. The Morgan fingerprint density at radius 3 is 2.68 bits per heavy atom. The third-order valence-electron chi connectivity index (χ3n) is 8.49. The quantitative estimate of drug-likeness (QED) is 0.226. The van der Waals surface area contributed by atoms with E-state index in [2.05, 4.69) is 35.8 Å². The van der Waals surface area contributed by atoms with Gasteiger partial charge in [0.25, 0.3) is 5.91 Å². The first-order valence-electron chi connectivity index (χ1n) is 15.1. The van der Waals surface area contributed by atoms with Crippen LogP contribution in [0.1, 0.15) is 65.2 Å². The average Bonchev–Trinajstić information content (AvgIpc) is 3.06. The number of aliphatic hydroxyl groups is 1. The minimum Gasteiger partial charge on any atom is -0.453 e. The van der Waals surface area contributed by atoms with Crippen molar-refractivity contribution in [2.45, 2.75) is 51.2 Å². The number of carbonyl (C=O) groups is 2. The van der Waals surface area contributed by atoms with Crippen LogP contribution >= 0.6 is 11.6 Å². The summed E-state index contributed by atoms with van der Waals surface area (Å²) in [6.07, 6.45) is 2.52. The second kappa shape index (κ2) is 15.2. The number of carbonyl (C=O) groups excluding carboxylic acids is 2. The molecule has 0 radical (unpaired) electrons. The van der Waals surface area contributed by atoms with Crippen LogP contribution < -0.4 is 10.6 Å². The van der Waals surface area contributed by atoms with Crippen LogP contribution in [0, 0.1) is 17.2 Å². The number of hydrogen-bond acceptors (Lipinski definition) is 6. The zero-order valence-electron chi connectivity index (χ0n) is 25.7. The summed E-state index contributed by atoms with van der Waals surface area (Å²) in [6, 6.07) is 21.3. The molecule has 0 bridgehead atoms. The van der Waals surface area contributed by atoms with Gasteiger partial charge < -0.3 is 25.4 Å². The molecule has 8 nitrogen and oxygen atoms in total. The van der Waals surface area contributed by atoms with E-state index < -0.39 is 11.7 Å². The monoisotopic (exact) mass is 616 g/mol. The Kier molecular flexibility index (Phi) is 11.4.